The molecule has 0 saturated heterocycles. The van der Waals surface area contributed by atoms with E-state index in [1.54, 1.807) is 17.1 Å². The van der Waals surface area contributed by atoms with Crippen molar-refractivity contribution in [2.45, 2.75) is 31.8 Å². The fraction of sp³-hybridized carbons (Fsp3) is 0.300. The van der Waals surface area contributed by atoms with Crippen molar-refractivity contribution < 1.29 is 13.2 Å². The fourth-order valence-electron chi connectivity index (χ4n) is 3.12. The Bertz CT molecular complexity index is 1070. The quantitative estimate of drug-likeness (QED) is 0.714. The van der Waals surface area contributed by atoms with Crippen molar-refractivity contribution in [3.63, 3.8) is 0 Å². The van der Waals surface area contributed by atoms with Gasteiger partial charge in [0.25, 0.3) is 0 Å². The van der Waals surface area contributed by atoms with E-state index in [-0.39, 0.29) is 16.9 Å². The first kappa shape index (κ1) is 18.6. The van der Waals surface area contributed by atoms with E-state index in [1.807, 2.05) is 36.4 Å². The van der Waals surface area contributed by atoms with Crippen LogP contribution in [0, 0.1) is 5.41 Å². The van der Waals surface area contributed by atoms with E-state index in [4.69, 9.17) is 4.74 Å². The Kier molecular flexibility index (Phi) is 4.68. The van der Waals surface area contributed by atoms with Crippen molar-refractivity contribution in [3.8, 4) is 17.0 Å². The summed E-state index contributed by atoms with van der Waals surface area (Å²) in [6.45, 7) is 5.37. The molecule has 1 N–H and O–H groups in total. The first-order chi connectivity index (χ1) is 13.3. The summed E-state index contributed by atoms with van der Waals surface area (Å²) in [4.78, 5) is 4.19. The van der Waals surface area contributed by atoms with Gasteiger partial charge in [0.05, 0.1) is 19.3 Å². The van der Waals surface area contributed by atoms with Crippen molar-refractivity contribution in [1.29, 1.82) is 0 Å². The van der Waals surface area contributed by atoms with Gasteiger partial charge in [0.2, 0.25) is 15.9 Å². The number of rotatable bonds is 5. The molecule has 2 aromatic heterocycles. The number of ether oxygens (including phenoxy) is 1. The van der Waals surface area contributed by atoms with Crippen molar-refractivity contribution in [2.24, 2.45) is 5.41 Å². The molecular formula is C20H22N4O3S. The molecule has 28 heavy (non-hydrogen) atoms. The molecule has 0 fully saturated rings. The highest BCUT2D eigenvalue weighted by molar-refractivity contribution is 7.89. The average molecular weight is 398 g/mol. The zero-order valence-corrected chi connectivity index (χ0v) is 16.6. The minimum absolute atomic E-state index is 0.0787. The van der Waals surface area contributed by atoms with Gasteiger partial charge < -0.3 is 4.74 Å². The summed E-state index contributed by atoms with van der Waals surface area (Å²) in [5, 5.41) is 4.19. The minimum Gasteiger partial charge on any atom is -0.476 e. The Balaban J connectivity index is 1.47. The average Bonchev–Trinajstić information content (AvgIpc) is 3.10. The largest absolute Gasteiger partial charge is 0.476 e. The van der Waals surface area contributed by atoms with Gasteiger partial charge in [-0.15, -0.1) is 0 Å². The number of pyridine rings is 1. The van der Waals surface area contributed by atoms with E-state index in [2.05, 4.69) is 28.7 Å². The third kappa shape index (κ3) is 3.79. The molecular weight excluding hydrogens is 376 g/mol. The lowest BCUT2D eigenvalue weighted by atomic mass is 9.94. The molecule has 0 atom stereocenters. The minimum atomic E-state index is -3.72. The lowest BCUT2D eigenvalue weighted by Gasteiger charge is -2.30. The standard InChI is InChI=1S/C20H22N4O3S/c1-20(2)13-24-19(27-14-20)18(12-22-24)28(25,26)23-10-15-5-7-16(8-6-15)17-4-3-9-21-11-17/h3-9,11-12,23H,10,13-14H2,1-2H3. The zero-order valence-electron chi connectivity index (χ0n) is 15.8. The number of hydrogen-bond donors (Lipinski definition) is 1. The number of nitrogens with one attached hydrogen (secondary N) is 1. The van der Waals surface area contributed by atoms with Crippen LogP contribution in [0.4, 0.5) is 0 Å². The summed E-state index contributed by atoms with van der Waals surface area (Å²) in [5.41, 5.74) is 2.82. The van der Waals surface area contributed by atoms with Gasteiger partial charge in [-0.3, -0.25) is 4.98 Å². The van der Waals surface area contributed by atoms with Gasteiger partial charge in [0.15, 0.2) is 4.90 Å². The van der Waals surface area contributed by atoms with Crippen molar-refractivity contribution >= 4 is 10.0 Å². The van der Waals surface area contributed by atoms with E-state index >= 15 is 0 Å². The van der Waals surface area contributed by atoms with Crippen molar-refractivity contribution in [2.75, 3.05) is 6.61 Å². The molecule has 8 heteroatoms. The Hall–Kier alpha value is -2.71. The predicted octanol–water partition coefficient (Wildman–Crippen LogP) is 2.84. The van der Waals surface area contributed by atoms with Crippen molar-refractivity contribution in [1.82, 2.24) is 19.5 Å². The van der Waals surface area contributed by atoms with Crippen LogP contribution in [0.15, 0.2) is 59.9 Å². The number of fused-ring (bicyclic) bond motifs is 1. The molecule has 0 unspecified atom stereocenters. The normalized spacial score (nSPS) is 15.6. The van der Waals surface area contributed by atoms with Crippen LogP contribution >= 0.6 is 0 Å². The molecule has 146 valence electrons. The topological polar surface area (TPSA) is 86.1 Å². The number of aromatic nitrogens is 3. The molecule has 1 aliphatic rings. The van der Waals surface area contributed by atoms with Gasteiger partial charge in [-0.1, -0.05) is 44.2 Å². The predicted molar refractivity (Wildman–Crippen MR) is 105 cm³/mol. The number of sulfonamides is 1. The Morgan fingerprint density at radius 2 is 1.93 bits per heavy atom. The molecule has 4 rings (SSSR count). The summed E-state index contributed by atoms with van der Waals surface area (Å²) in [6, 6.07) is 11.6. The molecule has 3 heterocycles. The lowest BCUT2D eigenvalue weighted by Crippen LogP contribution is -2.34. The van der Waals surface area contributed by atoms with Gasteiger partial charge >= 0.3 is 0 Å². The second kappa shape index (κ2) is 7.03. The Labute approximate surface area is 164 Å². The molecule has 0 aliphatic carbocycles. The van der Waals surface area contributed by atoms with E-state index in [0.717, 1.165) is 16.7 Å². The fourth-order valence-corrected chi connectivity index (χ4v) is 4.21. The number of nitrogens with zero attached hydrogens (tertiary/aromatic N) is 3. The maximum Gasteiger partial charge on any atom is 0.247 e. The van der Waals surface area contributed by atoms with E-state index in [0.29, 0.717) is 19.0 Å². The summed E-state index contributed by atoms with van der Waals surface area (Å²) in [6.07, 6.45) is 4.87. The highest BCUT2D eigenvalue weighted by Gasteiger charge is 2.33. The van der Waals surface area contributed by atoms with Gasteiger partial charge in [-0.05, 0) is 22.8 Å². The third-order valence-corrected chi connectivity index (χ3v) is 6.03. The molecule has 1 aliphatic heterocycles. The second-order valence-electron chi connectivity index (χ2n) is 7.69. The summed E-state index contributed by atoms with van der Waals surface area (Å²) >= 11 is 0. The van der Waals surface area contributed by atoms with Gasteiger partial charge in [0, 0.05) is 24.4 Å². The molecule has 3 aromatic rings. The summed E-state index contributed by atoms with van der Waals surface area (Å²) in [5.74, 6) is 0.304. The molecule has 1 aromatic carbocycles. The molecule has 0 radical (unpaired) electrons. The molecule has 0 saturated carbocycles. The molecule has 7 nitrogen and oxygen atoms in total. The van der Waals surface area contributed by atoms with E-state index in [9.17, 15) is 8.42 Å². The molecule has 0 amide bonds. The summed E-state index contributed by atoms with van der Waals surface area (Å²) in [7, 11) is -3.72. The van der Waals surface area contributed by atoms with Gasteiger partial charge in [0.1, 0.15) is 0 Å². The maximum absolute atomic E-state index is 12.7. The maximum atomic E-state index is 12.7. The Morgan fingerprint density at radius 1 is 1.14 bits per heavy atom. The first-order valence-electron chi connectivity index (χ1n) is 9.02. The van der Waals surface area contributed by atoms with Crippen LogP contribution in [0.1, 0.15) is 19.4 Å². The van der Waals surface area contributed by atoms with Crippen LogP contribution in [0.25, 0.3) is 11.1 Å². The number of hydrogen-bond acceptors (Lipinski definition) is 5. The van der Waals surface area contributed by atoms with Gasteiger partial charge in [-0.25, -0.2) is 17.8 Å². The van der Waals surface area contributed by atoms with Crippen LogP contribution in [0.2, 0.25) is 0 Å². The van der Waals surface area contributed by atoms with Crippen LogP contribution in [-0.2, 0) is 23.1 Å². The van der Waals surface area contributed by atoms with Crippen LogP contribution in [0.3, 0.4) is 0 Å². The second-order valence-corrected chi connectivity index (χ2v) is 9.42. The lowest BCUT2D eigenvalue weighted by molar-refractivity contribution is 0.0970. The monoisotopic (exact) mass is 398 g/mol. The molecule has 0 spiro atoms. The summed E-state index contributed by atoms with van der Waals surface area (Å²) < 4.78 is 35.4. The first-order valence-corrected chi connectivity index (χ1v) is 10.5. The SMILES string of the molecule is CC1(C)COc2c(S(=O)(=O)NCc3ccc(-c4cccnc4)cc3)cnn2C1. The van der Waals surface area contributed by atoms with E-state index in [1.165, 1.54) is 6.20 Å². The van der Waals surface area contributed by atoms with Gasteiger partial charge in [-0.2, -0.15) is 5.10 Å². The smallest absolute Gasteiger partial charge is 0.247 e. The third-order valence-electron chi connectivity index (χ3n) is 4.64. The van der Waals surface area contributed by atoms with Crippen LogP contribution < -0.4 is 9.46 Å². The van der Waals surface area contributed by atoms with Crippen molar-refractivity contribution in [3.05, 3.63) is 60.6 Å². The Morgan fingerprint density at radius 3 is 2.64 bits per heavy atom. The zero-order chi connectivity index (χ0) is 19.8. The number of benzene rings is 1. The highest BCUT2D eigenvalue weighted by atomic mass is 32.2. The molecule has 0 bridgehead atoms. The van der Waals surface area contributed by atoms with Crippen LogP contribution in [0.5, 0.6) is 5.88 Å². The highest BCUT2D eigenvalue weighted by Crippen LogP contribution is 2.33. The van der Waals surface area contributed by atoms with E-state index < -0.39 is 10.0 Å². The van der Waals surface area contributed by atoms with Crippen LogP contribution in [-0.4, -0.2) is 29.8 Å².